The number of amides is 1. The summed E-state index contributed by atoms with van der Waals surface area (Å²) in [5.41, 5.74) is 1.12. The van der Waals surface area contributed by atoms with Crippen LogP contribution < -0.4 is 10.6 Å². The van der Waals surface area contributed by atoms with Crippen LogP contribution in [-0.4, -0.2) is 46.7 Å². The Morgan fingerprint density at radius 1 is 1.22 bits per heavy atom. The molecule has 3 rings (SSSR count). The number of likely N-dealkylation sites (tertiary alicyclic amines) is 1. The van der Waals surface area contributed by atoms with Gasteiger partial charge in [-0.05, 0) is 37.5 Å². The van der Waals surface area contributed by atoms with Crippen molar-refractivity contribution in [2.45, 2.75) is 32.4 Å². The molecule has 1 saturated heterocycles. The fraction of sp³-hybridized carbons (Fsp3) is 0.421. The van der Waals surface area contributed by atoms with Gasteiger partial charge >= 0.3 is 6.09 Å². The highest BCUT2D eigenvalue weighted by molar-refractivity contribution is 6.30. The Balaban J connectivity index is 1.49. The highest BCUT2D eigenvalue weighted by Gasteiger charge is 2.23. The van der Waals surface area contributed by atoms with E-state index in [1.54, 1.807) is 11.2 Å². The average molecular weight is 390 g/mol. The highest BCUT2D eigenvalue weighted by Crippen LogP contribution is 2.18. The Hall–Kier alpha value is -2.54. The number of aromatic nitrogens is 2. The Morgan fingerprint density at radius 3 is 2.63 bits per heavy atom. The van der Waals surface area contributed by atoms with Gasteiger partial charge in [0.05, 0.1) is 6.61 Å². The van der Waals surface area contributed by atoms with E-state index in [1.807, 2.05) is 37.3 Å². The fourth-order valence-corrected chi connectivity index (χ4v) is 3.08. The molecular weight excluding hydrogens is 366 g/mol. The predicted molar refractivity (Wildman–Crippen MR) is 106 cm³/mol. The van der Waals surface area contributed by atoms with Crippen LogP contribution in [0.1, 0.15) is 25.3 Å². The molecule has 2 heterocycles. The fourth-order valence-electron chi connectivity index (χ4n) is 2.96. The number of anilines is 2. The Kier molecular flexibility index (Phi) is 6.70. The van der Waals surface area contributed by atoms with Gasteiger partial charge in [-0.1, -0.05) is 23.7 Å². The minimum atomic E-state index is -0.230. The second-order valence-corrected chi connectivity index (χ2v) is 6.81. The number of benzene rings is 1. The van der Waals surface area contributed by atoms with Crippen molar-refractivity contribution in [1.29, 1.82) is 0 Å². The van der Waals surface area contributed by atoms with Gasteiger partial charge in [0.1, 0.15) is 18.0 Å². The second-order valence-electron chi connectivity index (χ2n) is 6.37. The third-order valence-corrected chi connectivity index (χ3v) is 4.68. The molecule has 27 heavy (non-hydrogen) atoms. The summed E-state index contributed by atoms with van der Waals surface area (Å²) in [7, 11) is 0. The van der Waals surface area contributed by atoms with E-state index in [2.05, 4.69) is 20.6 Å². The minimum Gasteiger partial charge on any atom is -0.450 e. The molecule has 2 N–H and O–H groups in total. The Labute approximate surface area is 164 Å². The highest BCUT2D eigenvalue weighted by atomic mass is 35.5. The third kappa shape index (κ3) is 5.72. The van der Waals surface area contributed by atoms with Crippen LogP contribution in [0.25, 0.3) is 0 Å². The molecule has 1 amide bonds. The molecule has 1 fully saturated rings. The van der Waals surface area contributed by atoms with Gasteiger partial charge in [0.2, 0.25) is 0 Å². The third-order valence-electron chi connectivity index (χ3n) is 4.43. The SMILES string of the molecule is CCOC(=O)N1CCC(Nc2cc(NCc3ccc(Cl)cc3)ncn2)CC1. The van der Waals surface area contributed by atoms with E-state index in [4.69, 9.17) is 16.3 Å². The van der Waals surface area contributed by atoms with Crippen molar-refractivity contribution >= 4 is 29.3 Å². The number of carbonyl (C=O) groups is 1. The van der Waals surface area contributed by atoms with Crippen molar-refractivity contribution in [3.8, 4) is 0 Å². The summed E-state index contributed by atoms with van der Waals surface area (Å²) in [5.74, 6) is 1.53. The van der Waals surface area contributed by atoms with Gasteiger partial charge in [0.25, 0.3) is 0 Å². The van der Waals surface area contributed by atoms with E-state index in [-0.39, 0.29) is 12.1 Å². The van der Waals surface area contributed by atoms with Gasteiger partial charge in [-0.15, -0.1) is 0 Å². The molecule has 0 bridgehead atoms. The van der Waals surface area contributed by atoms with Crippen LogP contribution in [0, 0.1) is 0 Å². The van der Waals surface area contributed by atoms with Gasteiger partial charge in [-0.25, -0.2) is 14.8 Å². The molecule has 0 spiro atoms. The van der Waals surface area contributed by atoms with Crippen LogP contribution in [0.3, 0.4) is 0 Å². The maximum absolute atomic E-state index is 11.8. The van der Waals surface area contributed by atoms with Crippen LogP contribution in [-0.2, 0) is 11.3 Å². The van der Waals surface area contributed by atoms with Gasteiger partial charge in [0, 0.05) is 36.8 Å². The largest absolute Gasteiger partial charge is 0.450 e. The number of hydrogen-bond donors (Lipinski definition) is 2. The van der Waals surface area contributed by atoms with Gasteiger partial charge in [-0.3, -0.25) is 0 Å². The van der Waals surface area contributed by atoms with E-state index in [0.29, 0.717) is 26.2 Å². The number of halogens is 1. The zero-order chi connectivity index (χ0) is 19.1. The smallest absolute Gasteiger partial charge is 0.409 e. The lowest BCUT2D eigenvalue weighted by atomic mass is 10.1. The van der Waals surface area contributed by atoms with E-state index >= 15 is 0 Å². The summed E-state index contributed by atoms with van der Waals surface area (Å²) in [6.45, 7) is 4.25. The summed E-state index contributed by atoms with van der Waals surface area (Å²) >= 11 is 5.91. The molecule has 0 radical (unpaired) electrons. The lowest BCUT2D eigenvalue weighted by Crippen LogP contribution is -2.42. The van der Waals surface area contributed by atoms with Gasteiger partial charge in [0.15, 0.2) is 0 Å². The van der Waals surface area contributed by atoms with Crippen molar-refractivity contribution in [1.82, 2.24) is 14.9 Å². The Bertz CT molecular complexity index is 748. The van der Waals surface area contributed by atoms with Gasteiger partial charge < -0.3 is 20.3 Å². The molecule has 1 aromatic heterocycles. The van der Waals surface area contributed by atoms with Crippen molar-refractivity contribution in [2.24, 2.45) is 0 Å². The zero-order valence-electron chi connectivity index (χ0n) is 15.3. The molecule has 1 aliphatic heterocycles. The molecule has 7 nitrogen and oxygen atoms in total. The minimum absolute atomic E-state index is 0.230. The van der Waals surface area contributed by atoms with Crippen molar-refractivity contribution in [3.05, 3.63) is 47.2 Å². The molecular formula is C19H24ClN5O2. The average Bonchev–Trinajstić information content (AvgIpc) is 2.69. The zero-order valence-corrected chi connectivity index (χ0v) is 16.1. The number of ether oxygens (including phenoxy) is 1. The summed E-state index contributed by atoms with van der Waals surface area (Å²) in [6, 6.07) is 9.87. The lowest BCUT2D eigenvalue weighted by molar-refractivity contribution is 0.0983. The summed E-state index contributed by atoms with van der Waals surface area (Å²) in [4.78, 5) is 22.1. The van der Waals surface area contributed by atoms with E-state index in [1.165, 1.54) is 0 Å². The maximum atomic E-state index is 11.8. The van der Waals surface area contributed by atoms with Crippen molar-refractivity contribution < 1.29 is 9.53 Å². The van der Waals surface area contributed by atoms with E-state index < -0.39 is 0 Å². The first-order valence-electron chi connectivity index (χ1n) is 9.12. The first-order valence-corrected chi connectivity index (χ1v) is 9.50. The molecule has 0 atom stereocenters. The quantitative estimate of drug-likeness (QED) is 0.782. The summed E-state index contributed by atoms with van der Waals surface area (Å²) < 4.78 is 5.05. The first kappa shape index (κ1) is 19.2. The molecule has 2 aromatic rings. The molecule has 0 unspecified atom stereocenters. The predicted octanol–water partition coefficient (Wildman–Crippen LogP) is 3.77. The molecule has 8 heteroatoms. The van der Waals surface area contributed by atoms with Crippen LogP contribution in [0.5, 0.6) is 0 Å². The lowest BCUT2D eigenvalue weighted by Gasteiger charge is -2.31. The van der Waals surface area contributed by atoms with E-state index in [0.717, 1.165) is 35.1 Å². The standard InChI is InChI=1S/C19H24ClN5O2/c1-2-27-19(26)25-9-7-16(8-10-25)24-18-11-17(22-13-23-18)21-12-14-3-5-15(20)6-4-14/h3-6,11,13,16H,2,7-10,12H2,1H3,(H2,21,22,23,24). The molecule has 144 valence electrons. The van der Waals surface area contributed by atoms with Crippen LogP contribution in [0.2, 0.25) is 5.02 Å². The second kappa shape index (κ2) is 9.41. The topological polar surface area (TPSA) is 79.4 Å². The van der Waals surface area contributed by atoms with Crippen molar-refractivity contribution in [2.75, 3.05) is 30.3 Å². The number of nitrogens with zero attached hydrogens (tertiary/aromatic N) is 3. The first-order chi connectivity index (χ1) is 13.1. The van der Waals surface area contributed by atoms with Crippen molar-refractivity contribution in [3.63, 3.8) is 0 Å². The molecule has 0 saturated carbocycles. The Morgan fingerprint density at radius 2 is 1.93 bits per heavy atom. The maximum Gasteiger partial charge on any atom is 0.409 e. The molecule has 0 aliphatic carbocycles. The number of hydrogen-bond acceptors (Lipinski definition) is 6. The summed E-state index contributed by atoms with van der Waals surface area (Å²) in [5, 5.41) is 7.44. The number of carbonyl (C=O) groups excluding carboxylic acids is 1. The molecule has 1 aromatic carbocycles. The normalized spacial score (nSPS) is 14.7. The van der Waals surface area contributed by atoms with Crippen LogP contribution >= 0.6 is 11.6 Å². The monoisotopic (exact) mass is 389 g/mol. The number of nitrogens with one attached hydrogen (secondary N) is 2. The number of piperidine rings is 1. The van der Waals surface area contributed by atoms with Crippen LogP contribution in [0.15, 0.2) is 36.7 Å². The van der Waals surface area contributed by atoms with E-state index in [9.17, 15) is 4.79 Å². The molecule has 1 aliphatic rings. The number of rotatable bonds is 6. The van der Waals surface area contributed by atoms with Gasteiger partial charge in [-0.2, -0.15) is 0 Å². The summed E-state index contributed by atoms with van der Waals surface area (Å²) in [6.07, 6.45) is 3.03. The van der Waals surface area contributed by atoms with Crippen LogP contribution in [0.4, 0.5) is 16.4 Å².